The van der Waals surface area contributed by atoms with E-state index in [0.717, 1.165) is 18.8 Å². The number of methoxy groups -OCH3 is 1. The summed E-state index contributed by atoms with van der Waals surface area (Å²) in [4.78, 5) is 24.7. The van der Waals surface area contributed by atoms with Gasteiger partial charge < -0.3 is 14.4 Å². The lowest BCUT2D eigenvalue weighted by atomic mass is 9.96. The van der Waals surface area contributed by atoms with Gasteiger partial charge >= 0.3 is 5.97 Å². The molecular weight excluding hydrogens is 278 g/mol. The van der Waals surface area contributed by atoms with Gasteiger partial charge in [-0.3, -0.25) is 4.79 Å². The molecule has 1 aliphatic heterocycles. The van der Waals surface area contributed by atoms with Crippen molar-refractivity contribution < 1.29 is 14.3 Å². The molecule has 0 aliphatic carbocycles. The summed E-state index contributed by atoms with van der Waals surface area (Å²) in [7, 11) is 1.31. The van der Waals surface area contributed by atoms with E-state index in [0.29, 0.717) is 16.9 Å². The molecule has 1 heterocycles. The number of carbonyl (C=O) groups excluding carboxylic acids is 2. The van der Waals surface area contributed by atoms with Gasteiger partial charge in [0.2, 0.25) is 0 Å². The van der Waals surface area contributed by atoms with Gasteiger partial charge in [0.1, 0.15) is 6.29 Å². The van der Waals surface area contributed by atoms with Gasteiger partial charge in [0.15, 0.2) is 0 Å². The molecule has 0 saturated carbocycles. The highest BCUT2D eigenvalue weighted by Crippen LogP contribution is 2.32. The van der Waals surface area contributed by atoms with Crippen LogP contribution in [0, 0.1) is 0 Å². The summed E-state index contributed by atoms with van der Waals surface area (Å²) in [6, 6.07) is 5.64. The van der Waals surface area contributed by atoms with E-state index >= 15 is 0 Å². The van der Waals surface area contributed by atoms with E-state index in [4.69, 9.17) is 16.3 Å². The maximum absolute atomic E-state index is 11.7. The number of anilines is 1. The SMILES string of the molecule is COC(=O)[C@H](CC=O)c1ccc(N2CCCC2)cc1Cl. The van der Waals surface area contributed by atoms with Gasteiger partial charge in [0.25, 0.3) is 0 Å². The molecule has 0 spiro atoms. The van der Waals surface area contributed by atoms with E-state index in [1.807, 2.05) is 18.2 Å². The molecule has 1 aromatic rings. The van der Waals surface area contributed by atoms with E-state index in [1.54, 1.807) is 0 Å². The monoisotopic (exact) mass is 295 g/mol. The fourth-order valence-corrected chi connectivity index (χ4v) is 2.87. The molecule has 1 aromatic carbocycles. The number of ether oxygens (including phenoxy) is 1. The van der Waals surface area contributed by atoms with Gasteiger partial charge in [0.05, 0.1) is 13.0 Å². The first-order valence-corrected chi connectivity index (χ1v) is 7.11. The largest absolute Gasteiger partial charge is 0.469 e. The maximum Gasteiger partial charge on any atom is 0.313 e. The number of benzene rings is 1. The smallest absolute Gasteiger partial charge is 0.313 e. The van der Waals surface area contributed by atoms with Crippen molar-refractivity contribution in [2.45, 2.75) is 25.2 Å². The molecule has 1 saturated heterocycles. The summed E-state index contributed by atoms with van der Waals surface area (Å²) < 4.78 is 4.74. The molecule has 108 valence electrons. The number of carbonyl (C=O) groups is 2. The highest BCUT2D eigenvalue weighted by atomic mass is 35.5. The van der Waals surface area contributed by atoms with E-state index in [1.165, 1.54) is 20.0 Å². The Balaban J connectivity index is 2.26. The van der Waals surface area contributed by atoms with Crippen LogP contribution in [0.15, 0.2) is 18.2 Å². The van der Waals surface area contributed by atoms with Crippen LogP contribution in [0.4, 0.5) is 5.69 Å². The van der Waals surface area contributed by atoms with Gasteiger partial charge in [-0.25, -0.2) is 0 Å². The number of aldehydes is 1. The summed E-state index contributed by atoms with van der Waals surface area (Å²) >= 11 is 6.29. The molecule has 0 amide bonds. The number of hydrogen-bond acceptors (Lipinski definition) is 4. The molecule has 1 fully saturated rings. The van der Waals surface area contributed by atoms with Gasteiger partial charge in [-0.15, -0.1) is 0 Å². The fourth-order valence-electron chi connectivity index (χ4n) is 2.56. The minimum Gasteiger partial charge on any atom is -0.469 e. The third kappa shape index (κ3) is 3.12. The summed E-state index contributed by atoms with van der Waals surface area (Å²) in [5.74, 6) is -1.06. The summed E-state index contributed by atoms with van der Waals surface area (Å²) in [6.07, 6.45) is 3.17. The summed E-state index contributed by atoms with van der Waals surface area (Å²) in [6.45, 7) is 2.06. The minimum absolute atomic E-state index is 0.0788. The zero-order valence-corrected chi connectivity index (χ0v) is 12.2. The van der Waals surface area contributed by atoms with Crippen molar-refractivity contribution in [2.75, 3.05) is 25.1 Å². The lowest BCUT2D eigenvalue weighted by Crippen LogP contribution is -2.18. The third-order valence-electron chi connectivity index (χ3n) is 3.65. The van der Waals surface area contributed by atoms with Crippen molar-refractivity contribution in [1.29, 1.82) is 0 Å². The molecule has 1 atom stereocenters. The second-order valence-electron chi connectivity index (χ2n) is 4.88. The lowest BCUT2D eigenvalue weighted by Gasteiger charge is -2.20. The van der Waals surface area contributed by atoms with Crippen LogP contribution >= 0.6 is 11.6 Å². The minimum atomic E-state index is -0.627. The van der Waals surface area contributed by atoms with Gasteiger partial charge in [-0.1, -0.05) is 17.7 Å². The van der Waals surface area contributed by atoms with Crippen LogP contribution in [-0.2, 0) is 14.3 Å². The Labute approximate surface area is 123 Å². The number of halogens is 1. The van der Waals surface area contributed by atoms with E-state index in [2.05, 4.69) is 4.90 Å². The molecule has 0 radical (unpaired) electrons. The van der Waals surface area contributed by atoms with Crippen molar-refractivity contribution in [1.82, 2.24) is 0 Å². The summed E-state index contributed by atoms with van der Waals surface area (Å²) in [5.41, 5.74) is 1.71. The molecule has 1 aliphatic rings. The molecule has 2 rings (SSSR count). The maximum atomic E-state index is 11.7. The van der Waals surface area contributed by atoms with Crippen LogP contribution in [0.3, 0.4) is 0 Å². The average molecular weight is 296 g/mol. The standard InChI is InChI=1S/C15H18ClNO3/c1-20-15(19)13(6-9-18)12-5-4-11(10-14(12)16)17-7-2-3-8-17/h4-5,9-10,13H,2-3,6-8H2,1H3/t13-/m1/s1. The fraction of sp³-hybridized carbons (Fsp3) is 0.467. The molecular formula is C15H18ClNO3. The Hall–Kier alpha value is -1.55. The zero-order valence-electron chi connectivity index (χ0n) is 11.5. The first-order chi connectivity index (χ1) is 9.67. The van der Waals surface area contributed by atoms with Crippen LogP contribution in [0.1, 0.15) is 30.7 Å². The average Bonchev–Trinajstić information content (AvgIpc) is 2.98. The number of esters is 1. The van der Waals surface area contributed by atoms with Gasteiger partial charge in [-0.05, 0) is 30.5 Å². The molecule has 0 unspecified atom stereocenters. The van der Waals surface area contributed by atoms with Crippen molar-refractivity contribution in [3.05, 3.63) is 28.8 Å². The highest BCUT2D eigenvalue weighted by Gasteiger charge is 2.24. The topological polar surface area (TPSA) is 46.6 Å². The second kappa shape index (κ2) is 6.75. The van der Waals surface area contributed by atoms with E-state index in [9.17, 15) is 9.59 Å². The summed E-state index contributed by atoms with van der Waals surface area (Å²) in [5, 5.41) is 0.506. The van der Waals surface area contributed by atoms with Crippen LogP contribution in [0.2, 0.25) is 5.02 Å². The number of rotatable bonds is 5. The Morgan fingerprint density at radius 2 is 2.15 bits per heavy atom. The number of nitrogens with zero attached hydrogens (tertiary/aromatic N) is 1. The van der Waals surface area contributed by atoms with Crippen LogP contribution in [-0.4, -0.2) is 32.5 Å². The lowest BCUT2D eigenvalue weighted by molar-refractivity contribution is -0.143. The quantitative estimate of drug-likeness (QED) is 0.619. The van der Waals surface area contributed by atoms with Crippen molar-refractivity contribution in [3.63, 3.8) is 0 Å². The molecule has 5 heteroatoms. The third-order valence-corrected chi connectivity index (χ3v) is 3.98. The Morgan fingerprint density at radius 3 is 2.70 bits per heavy atom. The molecule has 0 bridgehead atoms. The van der Waals surface area contributed by atoms with Crippen molar-refractivity contribution >= 4 is 29.5 Å². The van der Waals surface area contributed by atoms with Crippen LogP contribution in [0.5, 0.6) is 0 Å². The molecule has 20 heavy (non-hydrogen) atoms. The Kier molecular flexibility index (Phi) is 5.01. The first-order valence-electron chi connectivity index (χ1n) is 6.73. The van der Waals surface area contributed by atoms with Crippen LogP contribution < -0.4 is 4.90 Å². The van der Waals surface area contributed by atoms with Gasteiger partial charge in [0, 0.05) is 30.2 Å². The Morgan fingerprint density at radius 1 is 1.45 bits per heavy atom. The molecule has 0 aromatic heterocycles. The van der Waals surface area contributed by atoms with Crippen LogP contribution in [0.25, 0.3) is 0 Å². The highest BCUT2D eigenvalue weighted by molar-refractivity contribution is 6.32. The Bertz CT molecular complexity index is 498. The van der Waals surface area contributed by atoms with E-state index in [-0.39, 0.29) is 6.42 Å². The molecule has 4 nitrogen and oxygen atoms in total. The predicted molar refractivity (Wildman–Crippen MR) is 78.3 cm³/mol. The van der Waals surface area contributed by atoms with Crippen molar-refractivity contribution in [3.8, 4) is 0 Å². The van der Waals surface area contributed by atoms with Crippen molar-refractivity contribution in [2.24, 2.45) is 0 Å². The zero-order chi connectivity index (χ0) is 14.5. The normalized spacial score (nSPS) is 16.0. The van der Waals surface area contributed by atoms with Gasteiger partial charge in [-0.2, -0.15) is 0 Å². The second-order valence-corrected chi connectivity index (χ2v) is 5.29. The predicted octanol–water partition coefficient (Wildman–Crippen LogP) is 2.79. The number of hydrogen-bond donors (Lipinski definition) is 0. The first kappa shape index (κ1) is 14.9. The molecule has 0 N–H and O–H groups in total. The van der Waals surface area contributed by atoms with E-state index < -0.39 is 11.9 Å².